The van der Waals surface area contributed by atoms with Gasteiger partial charge in [0.2, 0.25) is 0 Å². The summed E-state index contributed by atoms with van der Waals surface area (Å²) in [6.07, 6.45) is 3.70. The summed E-state index contributed by atoms with van der Waals surface area (Å²) in [5.74, 6) is 0.272. The third-order valence-corrected chi connectivity index (χ3v) is 3.71. The van der Waals surface area contributed by atoms with Crippen molar-refractivity contribution in [3.8, 4) is 6.07 Å². The zero-order valence-corrected chi connectivity index (χ0v) is 14.0. The first kappa shape index (κ1) is 17.1. The minimum atomic E-state index is -0.252. The van der Waals surface area contributed by atoms with Crippen LogP contribution in [0.15, 0.2) is 67.0 Å². The van der Waals surface area contributed by atoms with Crippen LogP contribution < -0.4 is 10.6 Å². The van der Waals surface area contributed by atoms with Crippen molar-refractivity contribution in [3.63, 3.8) is 0 Å². The first-order valence-electron chi connectivity index (χ1n) is 8.16. The average Bonchev–Trinajstić information content (AvgIpc) is 2.70. The van der Waals surface area contributed by atoms with E-state index in [1.807, 2.05) is 30.3 Å². The summed E-state index contributed by atoms with van der Waals surface area (Å²) in [6, 6.07) is 19.0. The number of hydrogen-bond donors (Lipinski definition) is 2. The van der Waals surface area contributed by atoms with Gasteiger partial charge in [-0.15, -0.1) is 0 Å². The molecule has 0 radical (unpaired) electrons. The van der Waals surface area contributed by atoms with Gasteiger partial charge in [0.15, 0.2) is 0 Å². The molecule has 0 atom stereocenters. The highest BCUT2D eigenvalue weighted by atomic mass is 16.1. The minimum Gasteiger partial charge on any atom is -0.350 e. The lowest BCUT2D eigenvalue weighted by Gasteiger charge is -2.07. The second-order valence-corrected chi connectivity index (χ2v) is 5.59. The van der Waals surface area contributed by atoms with Gasteiger partial charge in [0.1, 0.15) is 11.5 Å². The second-order valence-electron chi connectivity index (χ2n) is 5.59. The standard InChI is InChI=1S/C20H17N5O/c21-12-16-6-8-17(9-7-16)25-19-14-23-18(13-24-19)20(26)22-11-10-15-4-2-1-3-5-15/h1-9,13-14H,10-11H2,(H,22,26)(H,24,25). The zero-order valence-electron chi connectivity index (χ0n) is 14.0. The molecule has 3 rings (SSSR count). The first-order valence-corrected chi connectivity index (χ1v) is 8.16. The van der Waals surface area contributed by atoms with E-state index >= 15 is 0 Å². The van der Waals surface area contributed by atoms with E-state index in [1.54, 1.807) is 24.3 Å². The lowest BCUT2D eigenvalue weighted by atomic mass is 10.1. The van der Waals surface area contributed by atoms with Crippen LogP contribution in [0.25, 0.3) is 0 Å². The fourth-order valence-electron chi connectivity index (χ4n) is 2.34. The van der Waals surface area contributed by atoms with Gasteiger partial charge in [-0.1, -0.05) is 30.3 Å². The molecule has 128 valence electrons. The number of amides is 1. The Balaban J connectivity index is 1.53. The molecule has 0 saturated heterocycles. The molecule has 1 amide bonds. The summed E-state index contributed by atoms with van der Waals surface area (Å²) in [5, 5.41) is 14.7. The van der Waals surface area contributed by atoms with Gasteiger partial charge in [0.05, 0.1) is 24.0 Å². The van der Waals surface area contributed by atoms with Crippen molar-refractivity contribution in [3.05, 3.63) is 83.8 Å². The molecule has 0 aliphatic carbocycles. The molecule has 0 aliphatic heterocycles. The monoisotopic (exact) mass is 343 g/mol. The number of nitriles is 1. The smallest absolute Gasteiger partial charge is 0.271 e. The van der Waals surface area contributed by atoms with Crippen LogP contribution in [0.5, 0.6) is 0 Å². The maximum atomic E-state index is 12.1. The molecule has 0 bridgehead atoms. The summed E-state index contributed by atoms with van der Waals surface area (Å²) in [4.78, 5) is 20.5. The van der Waals surface area contributed by atoms with Crippen molar-refractivity contribution in [1.82, 2.24) is 15.3 Å². The topological polar surface area (TPSA) is 90.7 Å². The number of carbonyl (C=O) groups is 1. The number of hydrogen-bond acceptors (Lipinski definition) is 5. The predicted octanol–water partition coefficient (Wildman–Crippen LogP) is 3.06. The van der Waals surface area contributed by atoms with Crippen LogP contribution in [-0.2, 0) is 6.42 Å². The van der Waals surface area contributed by atoms with Crippen LogP contribution in [0.2, 0.25) is 0 Å². The zero-order chi connectivity index (χ0) is 18.2. The molecule has 3 aromatic rings. The van der Waals surface area contributed by atoms with Crippen molar-refractivity contribution in [2.75, 3.05) is 11.9 Å². The van der Waals surface area contributed by atoms with Crippen LogP contribution in [0.4, 0.5) is 11.5 Å². The maximum Gasteiger partial charge on any atom is 0.271 e. The molecule has 2 aromatic carbocycles. The van der Waals surface area contributed by atoms with Crippen molar-refractivity contribution < 1.29 is 4.79 Å². The van der Waals surface area contributed by atoms with E-state index < -0.39 is 0 Å². The summed E-state index contributed by atoms with van der Waals surface area (Å²) >= 11 is 0. The highest BCUT2D eigenvalue weighted by Crippen LogP contribution is 2.14. The molecule has 2 N–H and O–H groups in total. The minimum absolute atomic E-state index is 0.252. The normalized spacial score (nSPS) is 9.96. The molecule has 0 aliphatic rings. The number of nitrogens with one attached hydrogen (secondary N) is 2. The van der Waals surface area contributed by atoms with Crippen molar-refractivity contribution in [2.45, 2.75) is 6.42 Å². The molecule has 0 spiro atoms. The van der Waals surface area contributed by atoms with E-state index in [0.717, 1.165) is 12.1 Å². The highest BCUT2D eigenvalue weighted by Gasteiger charge is 2.07. The van der Waals surface area contributed by atoms with Crippen molar-refractivity contribution >= 4 is 17.4 Å². The number of anilines is 2. The van der Waals surface area contributed by atoms with Crippen molar-refractivity contribution in [2.24, 2.45) is 0 Å². The third-order valence-electron chi connectivity index (χ3n) is 3.71. The van der Waals surface area contributed by atoms with E-state index in [0.29, 0.717) is 17.9 Å². The number of rotatable bonds is 6. The van der Waals surface area contributed by atoms with Gasteiger partial charge >= 0.3 is 0 Å². The van der Waals surface area contributed by atoms with Crippen LogP contribution in [-0.4, -0.2) is 22.4 Å². The number of carbonyl (C=O) groups excluding carboxylic acids is 1. The van der Waals surface area contributed by atoms with E-state index in [9.17, 15) is 4.79 Å². The first-order chi connectivity index (χ1) is 12.7. The van der Waals surface area contributed by atoms with Gasteiger partial charge in [-0.25, -0.2) is 9.97 Å². The Morgan fingerprint density at radius 1 is 1.00 bits per heavy atom. The number of nitrogens with zero attached hydrogens (tertiary/aromatic N) is 3. The Hall–Kier alpha value is -3.72. The number of benzene rings is 2. The number of aromatic nitrogens is 2. The Labute approximate surface area is 151 Å². The largest absolute Gasteiger partial charge is 0.350 e. The van der Waals surface area contributed by atoms with Crippen molar-refractivity contribution in [1.29, 1.82) is 5.26 Å². The molecular weight excluding hydrogens is 326 g/mol. The summed E-state index contributed by atoms with van der Waals surface area (Å²) in [6.45, 7) is 0.537. The maximum absolute atomic E-state index is 12.1. The highest BCUT2D eigenvalue weighted by molar-refractivity contribution is 5.92. The summed E-state index contributed by atoms with van der Waals surface area (Å²) in [5.41, 5.74) is 2.81. The van der Waals surface area contributed by atoms with Crippen LogP contribution in [0.1, 0.15) is 21.6 Å². The Morgan fingerprint density at radius 3 is 2.42 bits per heavy atom. The lowest BCUT2D eigenvalue weighted by molar-refractivity contribution is 0.0949. The van der Waals surface area contributed by atoms with Crippen LogP contribution in [0, 0.1) is 11.3 Å². The van der Waals surface area contributed by atoms with Gasteiger partial charge in [-0.3, -0.25) is 4.79 Å². The van der Waals surface area contributed by atoms with E-state index in [4.69, 9.17) is 5.26 Å². The molecule has 0 fully saturated rings. The third kappa shape index (κ3) is 4.65. The Kier molecular flexibility index (Phi) is 5.53. The average molecular weight is 343 g/mol. The van der Waals surface area contributed by atoms with E-state index in [-0.39, 0.29) is 11.6 Å². The van der Waals surface area contributed by atoms with Gasteiger partial charge in [-0.05, 0) is 36.2 Å². The molecule has 0 unspecified atom stereocenters. The molecular formula is C20H17N5O. The molecule has 1 aromatic heterocycles. The molecule has 26 heavy (non-hydrogen) atoms. The SMILES string of the molecule is N#Cc1ccc(Nc2cnc(C(=O)NCCc3ccccc3)cn2)cc1. The van der Waals surface area contributed by atoms with Gasteiger partial charge in [0.25, 0.3) is 5.91 Å². The molecule has 1 heterocycles. The fourth-order valence-corrected chi connectivity index (χ4v) is 2.34. The van der Waals surface area contributed by atoms with Gasteiger partial charge in [-0.2, -0.15) is 5.26 Å². The Morgan fingerprint density at radius 2 is 1.77 bits per heavy atom. The summed E-state index contributed by atoms with van der Waals surface area (Å²) < 4.78 is 0. The predicted molar refractivity (Wildman–Crippen MR) is 99.0 cm³/mol. The molecule has 6 heteroatoms. The van der Waals surface area contributed by atoms with Gasteiger partial charge in [0, 0.05) is 12.2 Å². The quantitative estimate of drug-likeness (QED) is 0.718. The summed E-state index contributed by atoms with van der Waals surface area (Å²) in [7, 11) is 0. The molecule has 0 saturated carbocycles. The van der Waals surface area contributed by atoms with Crippen LogP contribution in [0.3, 0.4) is 0 Å². The van der Waals surface area contributed by atoms with Gasteiger partial charge < -0.3 is 10.6 Å². The fraction of sp³-hybridized carbons (Fsp3) is 0.100. The second kappa shape index (κ2) is 8.40. The Bertz CT molecular complexity index is 900. The molecule has 6 nitrogen and oxygen atoms in total. The van der Waals surface area contributed by atoms with E-state index in [2.05, 4.69) is 26.7 Å². The van der Waals surface area contributed by atoms with Crippen LogP contribution >= 0.6 is 0 Å². The van der Waals surface area contributed by atoms with E-state index in [1.165, 1.54) is 18.0 Å². The lowest BCUT2D eigenvalue weighted by Crippen LogP contribution is -2.26.